The van der Waals surface area contributed by atoms with Gasteiger partial charge in [-0.3, -0.25) is 4.79 Å². The lowest BCUT2D eigenvalue weighted by Crippen LogP contribution is -2.38. The summed E-state index contributed by atoms with van der Waals surface area (Å²) < 4.78 is 10.9. The van der Waals surface area contributed by atoms with E-state index < -0.39 is 0 Å². The van der Waals surface area contributed by atoms with E-state index in [1.807, 2.05) is 62.4 Å². The minimum absolute atomic E-state index is 0.0356. The van der Waals surface area contributed by atoms with Crippen molar-refractivity contribution in [1.82, 2.24) is 10.1 Å². The largest absolute Gasteiger partial charge is 0.494 e. The second kappa shape index (κ2) is 8.98. The number of hydrogen-bond donors (Lipinski definition) is 1. The van der Waals surface area contributed by atoms with Crippen LogP contribution < -0.4 is 15.0 Å². The van der Waals surface area contributed by atoms with Crippen LogP contribution in [0.3, 0.4) is 0 Å². The van der Waals surface area contributed by atoms with E-state index in [1.54, 1.807) is 0 Å². The molecule has 0 saturated carbocycles. The Morgan fingerprint density at radius 2 is 1.90 bits per heavy atom. The van der Waals surface area contributed by atoms with Crippen molar-refractivity contribution in [3.63, 3.8) is 0 Å². The third kappa shape index (κ3) is 4.45. The van der Waals surface area contributed by atoms with Gasteiger partial charge in [-0.15, -0.1) is 0 Å². The molecular weight excluding hydrogens is 380 g/mol. The summed E-state index contributed by atoms with van der Waals surface area (Å²) in [6.07, 6.45) is 1.48. The van der Waals surface area contributed by atoms with Gasteiger partial charge in [-0.25, -0.2) is 0 Å². The second-order valence-electron chi connectivity index (χ2n) is 7.42. The number of carbonyl (C=O) groups excluding carboxylic acids is 1. The lowest BCUT2D eigenvalue weighted by molar-refractivity contribution is -0.120. The zero-order chi connectivity index (χ0) is 20.9. The summed E-state index contributed by atoms with van der Waals surface area (Å²) in [6.45, 7) is 6.00. The lowest BCUT2D eigenvalue weighted by atomic mass is 9.96. The molecule has 1 fully saturated rings. The SMILES string of the molecule is CCOc1ccc(NC(=O)C2CCN(c3nc(-c4ccccc4C)no3)CC2)cc1. The topological polar surface area (TPSA) is 80.5 Å². The Bertz CT molecular complexity index is 992. The quantitative estimate of drug-likeness (QED) is 0.657. The first-order chi connectivity index (χ1) is 14.6. The maximum absolute atomic E-state index is 12.6. The van der Waals surface area contributed by atoms with Gasteiger partial charge < -0.3 is 19.5 Å². The monoisotopic (exact) mass is 406 g/mol. The molecule has 1 amide bonds. The Labute approximate surface area is 176 Å². The highest BCUT2D eigenvalue weighted by Crippen LogP contribution is 2.27. The number of nitrogens with zero attached hydrogens (tertiary/aromatic N) is 3. The molecule has 0 radical (unpaired) electrons. The normalized spacial score (nSPS) is 14.5. The van der Waals surface area contributed by atoms with Crippen LogP contribution in [0.2, 0.25) is 0 Å². The van der Waals surface area contributed by atoms with Crippen molar-refractivity contribution in [1.29, 1.82) is 0 Å². The van der Waals surface area contributed by atoms with Crippen LogP contribution in [0, 0.1) is 12.8 Å². The van der Waals surface area contributed by atoms with E-state index in [0.29, 0.717) is 31.5 Å². The van der Waals surface area contributed by atoms with Crippen LogP contribution in [-0.2, 0) is 4.79 Å². The van der Waals surface area contributed by atoms with Crippen LogP contribution >= 0.6 is 0 Å². The number of benzene rings is 2. The smallest absolute Gasteiger partial charge is 0.324 e. The summed E-state index contributed by atoms with van der Waals surface area (Å²) in [5.74, 6) is 1.41. The van der Waals surface area contributed by atoms with Gasteiger partial charge in [0.1, 0.15) is 5.75 Å². The van der Waals surface area contributed by atoms with Crippen molar-refractivity contribution in [2.75, 3.05) is 29.9 Å². The molecule has 0 bridgehead atoms. The number of rotatable bonds is 6. The average Bonchev–Trinajstić information content (AvgIpc) is 3.26. The van der Waals surface area contributed by atoms with Crippen LogP contribution in [-0.4, -0.2) is 35.7 Å². The number of aromatic nitrogens is 2. The Morgan fingerprint density at radius 3 is 2.60 bits per heavy atom. The molecule has 0 aliphatic carbocycles. The Hall–Kier alpha value is -3.35. The number of aryl methyl sites for hydroxylation is 1. The molecule has 3 aromatic rings. The first-order valence-corrected chi connectivity index (χ1v) is 10.3. The van der Waals surface area contributed by atoms with E-state index in [0.717, 1.165) is 35.4 Å². The molecule has 1 aromatic heterocycles. The third-order valence-electron chi connectivity index (χ3n) is 5.37. The van der Waals surface area contributed by atoms with Gasteiger partial charge in [-0.2, -0.15) is 4.98 Å². The van der Waals surface area contributed by atoms with Crippen molar-refractivity contribution in [2.24, 2.45) is 5.92 Å². The molecule has 1 aliphatic heterocycles. The molecule has 156 valence electrons. The van der Waals surface area contributed by atoms with E-state index in [9.17, 15) is 4.79 Å². The van der Waals surface area contributed by atoms with Crippen LogP contribution in [0.25, 0.3) is 11.4 Å². The van der Waals surface area contributed by atoms with Crippen LogP contribution in [0.5, 0.6) is 5.75 Å². The fourth-order valence-corrected chi connectivity index (χ4v) is 3.66. The van der Waals surface area contributed by atoms with Crippen LogP contribution in [0.15, 0.2) is 53.1 Å². The van der Waals surface area contributed by atoms with Crippen molar-refractivity contribution in [3.05, 3.63) is 54.1 Å². The maximum atomic E-state index is 12.6. The lowest BCUT2D eigenvalue weighted by Gasteiger charge is -2.29. The van der Waals surface area contributed by atoms with Crippen molar-refractivity contribution in [3.8, 4) is 17.1 Å². The zero-order valence-electron chi connectivity index (χ0n) is 17.3. The van der Waals surface area contributed by atoms with Gasteiger partial charge in [-0.1, -0.05) is 29.4 Å². The van der Waals surface area contributed by atoms with Gasteiger partial charge in [0.25, 0.3) is 0 Å². The van der Waals surface area contributed by atoms with E-state index >= 15 is 0 Å². The van der Waals surface area contributed by atoms with Crippen LogP contribution in [0.4, 0.5) is 11.7 Å². The van der Waals surface area contributed by atoms with Gasteiger partial charge in [0.2, 0.25) is 11.7 Å². The average molecular weight is 406 g/mol. The summed E-state index contributed by atoms with van der Waals surface area (Å²) in [5, 5.41) is 7.14. The number of piperidine rings is 1. The summed E-state index contributed by atoms with van der Waals surface area (Å²) in [4.78, 5) is 19.2. The van der Waals surface area contributed by atoms with Crippen molar-refractivity contribution in [2.45, 2.75) is 26.7 Å². The molecule has 1 N–H and O–H groups in total. The number of ether oxygens (including phenoxy) is 1. The Morgan fingerprint density at radius 1 is 1.17 bits per heavy atom. The van der Waals surface area contributed by atoms with Gasteiger partial charge in [-0.05, 0) is 56.5 Å². The van der Waals surface area contributed by atoms with Gasteiger partial charge in [0, 0.05) is 30.3 Å². The molecular formula is C23H26N4O3. The van der Waals surface area contributed by atoms with Gasteiger partial charge >= 0.3 is 6.01 Å². The molecule has 4 rings (SSSR count). The van der Waals surface area contributed by atoms with E-state index in [4.69, 9.17) is 9.26 Å². The van der Waals surface area contributed by atoms with Crippen molar-refractivity contribution >= 4 is 17.6 Å². The van der Waals surface area contributed by atoms with Gasteiger partial charge in [0.15, 0.2) is 0 Å². The number of nitrogens with one attached hydrogen (secondary N) is 1. The molecule has 1 saturated heterocycles. The fraction of sp³-hybridized carbons (Fsp3) is 0.348. The Balaban J connectivity index is 1.32. The van der Waals surface area contributed by atoms with E-state index in [2.05, 4.69) is 20.4 Å². The highest BCUT2D eigenvalue weighted by molar-refractivity contribution is 5.92. The van der Waals surface area contributed by atoms with E-state index in [1.165, 1.54) is 0 Å². The molecule has 7 heteroatoms. The number of hydrogen-bond acceptors (Lipinski definition) is 6. The predicted octanol–water partition coefficient (Wildman–Crippen LogP) is 4.30. The summed E-state index contributed by atoms with van der Waals surface area (Å²) in [5.41, 5.74) is 2.86. The minimum Gasteiger partial charge on any atom is -0.494 e. The molecule has 0 spiro atoms. The highest BCUT2D eigenvalue weighted by atomic mass is 16.5. The molecule has 0 unspecified atom stereocenters. The summed E-state index contributed by atoms with van der Waals surface area (Å²) >= 11 is 0. The molecule has 7 nitrogen and oxygen atoms in total. The maximum Gasteiger partial charge on any atom is 0.324 e. The first-order valence-electron chi connectivity index (χ1n) is 10.3. The second-order valence-corrected chi connectivity index (χ2v) is 7.42. The molecule has 2 heterocycles. The highest BCUT2D eigenvalue weighted by Gasteiger charge is 2.27. The third-order valence-corrected chi connectivity index (χ3v) is 5.37. The summed E-state index contributed by atoms with van der Waals surface area (Å²) in [7, 11) is 0. The number of carbonyl (C=O) groups is 1. The predicted molar refractivity (Wildman–Crippen MR) is 116 cm³/mol. The molecule has 2 aromatic carbocycles. The van der Waals surface area contributed by atoms with Crippen LogP contribution in [0.1, 0.15) is 25.3 Å². The molecule has 0 atom stereocenters. The first kappa shape index (κ1) is 19.9. The number of anilines is 2. The molecule has 1 aliphatic rings. The van der Waals surface area contributed by atoms with E-state index in [-0.39, 0.29) is 11.8 Å². The fourth-order valence-electron chi connectivity index (χ4n) is 3.66. The zero-order valence-corrected chi connectivity index (χ0v) is 17.3. The summed E-state index contributed by atoms with van der Waals surface area (Å²) in [6, 6.07) is 15.9. The van der Waals surface area contributed by atoms with Gasteiger partial charge in [0.05, 0.1) is 6.61 Å². The standard InChI is InChI=1S/C23H26N4O3/c1-3-29-19-10-8-18(9-11-19)24-22(28)17-12-14-27(15-13-17)23-25-21(26-30-23)20-7-5-4-6-16(20)2/h4-11,17H,3,12-15H2,1-2H3,(H,24,28). The minimum atomic E-state index is -0.0356. The number of amides is 1. The Kier molecular flexibility index (Phi) is 5.97. The van der Waals surface area contributed by atoms with Crippen molar-refractivity contribution < 1.29 is 14.1 Å². The molecule has 30 heavy (non-hydrogen) atoms.